The Morgan fingerprint density at radius 3 is 2.00 bits per heavy atom. The maximum Gasteiger partial charge on any atom is 0.321 e. The van der Waals surface area contributed by atoms with Gasteiger partial charge in [0.05, 0.1) is 0 Å². The first kappa shape index (κ1) is 14.7. The number of hydrogen-bond donors (Lipinski definition) is 5. The van der Waals surface area contributed by atoms with Crippen molar-refractivity contribution in [2.24, 2.45) is 5.73 Å². The molecule has 0 aromatic rings. The van der Waals surface area contributed by atoms with Crippen molar-refractivity contribution in [3.05, 3.63) is 0 Å². The highest BCUT2D eigenvalue weighted by Crippen LogP contribution is 2.00. The van der Waals surface area contributed by atoms with Gasteiger partial charge in [-0.3, -0.25) is 19.7 Å². The summed E-state index contributed by atoms with van der Waals surface area (Å²) in [5.41, 5.74) is 4.87. The normalized spacial score (nSPS) is 14.1. The van der Waals surface area contributed by atoms with E-state index < -0.39 is 29.9 Å². The largest absolute Gasteiger partial charge is 0.480 e. The molecule has 92 valence electrons. The van der Waals surface area contributed by atoms with E-state index >= 15 is 0 Å². The average Bonchev–Trinajstić information content (AvgIpc) is 2.16. The van der Waals surface area contributed by atoms with Crippen molar-refractivity contribution in [3.63, 3.8) is 0 Å². The van der Waals surface area contributed by atoms with Gasteiger partial charge < -0.3 is 15.9 Å². The van der Waals surface area contributed by atoms with E-state index in [2.05, 4.69) is 17.9 Å². The van der Waals surface area contributed by atoms with Crippen LogP contribution in [0.2, 0.25) is 0 Å². The third kappa shape index (κ3) is 5.56. The van der Waals surface area contributed by atoms with Gasteiger partial charge in [-0.25, -0.2) is 0 Å². The number of carboxylic acid groups (broad SMARTS) is 2. The Balaban J connectivity index is 4.37. The molecule has 0 radical (unpaired) electrons. The van der Waals surface area contributed by atoms with Crippen molar-refractivity contribution in [2.45, 2.75) is 24.9 Å². The van der Waals surface area contributed by atoms with Gasteiger partial charge in [0.25, 0.3) is 0 Å². The molecule has 0 aromatic heterocycles. The minimum absolute atomic E-state index is 0.0459. The van der Waals surface area contributed by atoms with Crippen LogP contribution >= 0.6 is 12.6 Å². The average molecular weight is 250 g/mol. The van der Waals surface area contributed by atoms with Gasteiger partial charge in [0.1, 0.15) is 12.1 Å². The van der Waals surface area contributed by atoms with Gasteiger partial charge in [-0.2, -0.15) is 12.6 Å². The quantitative estimate of drug-likeness (QED) is 0.340. The van der Waals surface area contributed by atoms with Crippen molar-refractivity contribution in [1.29, 1.82) is 0 Å². The van der Waals surface area contributed by atoms with Gasteiger partial charge in [-0.1, -0.05) is 0 Å². The summed E-state index contributed by atoms with van der Waals surface area (Å²) in [6.45, 7) is 0. The van der Waals surface area contributed by atoms with Crippen LogP contribution in [0, 0.1) is 0 Å². The molecule has 0 rings (SSSR count). The molecule has 0 saturated heterocycles. The number of carbonyl (C=O) groups excluding carboxylic acids is 1. The molecule has 0 heterocycles. The molecule has 0 saturated carbocycles. The van der Waals surface area contributed by atoms with E-state index in [9.17, 15) is 14.4 Å². The zero-order valence-corrected chi connectivity index (χ0v) is 9.31. The third-order valence-electron chi connectivity index (χ3n) is 1.86. The number of aliphatic carboxylic acids is 2. The fraction of sp³-hybridized carbons (Fsp3) is 0.625. The monoisotopic (exact) mass is 250 g/mol. The molecular weight excluding hydrogens is 236 g/mol. The predicted molar refractivity (Wildman–Crippen MR) is 58.3 cm³/mol. The van der Waals surface area contributed by atoms with Gasteiger partial charge in [0, 0.05) is 12.2 Å². The smallest absolute Gasteiger partial charge is 0.321 e. The molecule has 2 atom stereocenters. The second-order valence-electron chi connectivity index (χ2n) is 3.14. The molecule has 0 unspecified atom stereocenters. The zero-order chi connectivity index (χ0) is 12.7. The summed E-state index contributed by atoms with van der Waals surface area (Å²) in [5.74, 6) is -3.10. The van der Waals surface area contributed by atoms with Crippen LogP contribution < -0.4 is 11.1 Å². The molecule has 8 heteroatoms. The van der Waals surface area contributed by atoms with Gasteiger partial charge in [0.15, 0.2) is 0 Å². The van der Waals surface area contributed by atoms with E-state index in [1.54, 1.807) is 0 Å². The second-order valence-corrected chi connectivity index (χ2v) is 3.50. The molecule has 1 amide bonds. The highest BCUT2D eigenvalue weighted by Gasteiger charge is 2.24. The number of amides is 1. The van der Waals surface area contributed by atoms with Gasteiger partial charge in [-0.15, -0.1) is 0 Å². The molecule has 16 heavy (non-hydrogen) atoms. The van der Waals surface area contributed by atoms with Crippen molar-refractivity contribution < 1.29 is 24.6 Å². The maximum absolute atomic E-state index is 10.8. The molecular formula is C8H14N2O5S. The van der Waals surface area contributed by atoms with Crippen LogP contribution in [0.4, 0.5) is 0 Å². The number of rotatable bonds is 8. The summed E-state index contributed by atoms with van der Waals surface area (Å²) in [6, 6.07) is -2.20. The number of primary amides is 1. The fourth-order valence-corrected chi connectivity index (χ4v) is 1.27. The topological polar surface area (TPSA) is 130 Å². The number of nitrogens with two attached hydrogens (primary N) is 1. The molecule has 0 bridgehead atoms. The summed E-state index contributed by atoms with van der Waals surface area (Å²) in [5, 5.41) is 19.8. The summed E-state index contributed by atoms with van der Waals surface area (Å²) in [7, 11) is 0. The number of carbonyl (C=O) groups is 3. The lowest BCUT2D eigenvalue weighted by Gasteiger charge is -2.18. The molecule has 5 N–H and O–H groups in total. The van der Waals surface area contributed by atoms with Gasteiger partial charge >= 0.3 is 11.9 Å². The van der Waals surface area contributed by atoms with Crippen molar-refractivity contribution >= 4 is 30.5 Å². The highest BCUT2D eigenvalue weighted by atomic mass is 32.1. The molecule has 0 aliphatic carbocycles. The van der Waals surface area contributed by atoms with Crippen molar-refractivity contribution in [2.75, 3.05) is 5.75 Å². The predicted octanol–water partition coefficient (Wildman–Crippen LogP) is -1.32. The number of nitrogens with one attached hydrogen (secondary N) is 1. The third-order valence-corrected chi connectivity index (χ3v) is 2.23. The molecule has 0 aromatic carbocycles. The van der Waals surface area contributed by atoms with E-state index in [-0.39, 0.29) is 18.6 Å². The Labute approximate surface area is 97.4 Å². The lowest BCUT2D eigenvalue weighted by Crippen LogP contribution is -2.48. The number of thiol groups is 1. The van der Waals surface area contributed by atoms with E-state index in [0.29, 0.717) is 0 Å². The molecule has 0 aliphatic rings. The summed E-state index contributed by atoms with van der Waals surface area (Å²) < 4.78 is 0. The first-order valence-corrected chi connectivity index (χ1v) is 5.12. The van der Waals surface area contributed by atoms with Crippen LogP contribution in [-0.4, -0.2) is 45.9 Å². The Morgan fingerprint density at radius 2 is 1.69 bits per heavy atom. The summed E-state index contributed by atoms with van der Waals surface area (Å²) in [6.07, 6.45) is -0.175. The minimum Gasteiger partial charge on any atom is -0.480 e. The van der Waals surface area contributed by atoms with E-state index in [1.807, 2.05) is 0 Å². The molecule has 0 aliphatic heterocycles. The van der Waals surface area contributed by atoms with Crippen molar-refractivity contribution in [1.82, 2.24) is 5.32 Å². The first-order valence-electron chi connectivity index (χ1n) is 4.49. The van der Waals surface area contributed by atoms with Gasteiger partial charge in [-0.05, 0) is 6.42 Å². The van der Waals surface area contributed by atoms with E-state index in [1.165, 1.54) is 0 Å². The Hall–Kier alpha value is -1.28. The SMILES string of the molecule is NC(=O)CC[C@H](N[C@@H](CS)C(=O)O)C(=O)O. The van der Waals surface area contributed by atoms with E-state index in [4.69, 9.17) is 15.9 Å². The second kappa shape index (κ2) is 7.07. The fourth-order valence-electron chi connectivity index (χ4n) is 1.01. The summed E-state index contributed by atoms with van der Waals surface area (Å²) in [4.78, 5) is 31.9. The molecule has 0 spiro atoms. The van der Waals surface area contributed by atoms with Gasteiger partial charge in [0.2, 0.25) is 5.91 Å². The van der Waals surface area contributed by atoms with Crippen LogP contribution in [0.1, 0.15) is 12.8 Å². The maximum atomic E-state index is 10.8. The minimum atomic E-state index is -1.23. The number of hydrogen-bond acceptors (Lipinski definition) is 5. The van der Waals surface area contributed by atoms with Crippen molar-refractivity contribution in [3.8, 4) is 0 Å². The molecule has 7 nitrogen and oxygen atoms in total. The van der Waals surface area contributed by atoms with Crippen LogP contribution in [-0.2, 0) is 14.4 Å². The molecule has 0 fully saturated rings. The van der Waals surface area contributed by atoms with Crippen LogP contribution in [0.5, 0.6) is 0 Å². The van der Waals surface area contributed by atoms with Crippen LogP contribution in [0.3, 0.4) is 0 Å². The number of carboxylic acids is 2. The summed E-state index contributed by atoms with van der Waals surface area (Å²) >= 11 is 3.78. The lowest BCUT2D eigenvalue weighted by atomic mass is 10.1. The lowest BCUT2D eigenvalue weighted by molar-refractivity contribution is -0.142. The Bertz CT molecular complexity index is 284. The van der Waals surface area contributed by atoms with E-state index in [0.717, 1.165) is 0 Å². The van der Waals surface area contributed by atoms with Crippen LogP contribution in [0.25, 0.3) is 0 Å². The standard InChI is InChI=1S/C8H14N2O5S/c9-6(11)2-1-4(7(12)13)10-5(3-16)8(14)15/h4-5,10,16H,1-3H2,(H2,9,11)(H,12,13)(H,14,15)/t4-,5-/m0/s1. The highest BCUT2D eigenvalue weighted by molar-refractivity contribution is 7.80. The Kier molecular flexibility index (Phi) is 6.50. The Morgan fingerprint density at radius 1 is 1.19 bits per heavy atom. The van der Waals surface area contributed by atoms with Crippen LogP contribution in [0.15, 0.2) is 0 Å². The first-order chi connectivity index (χ1) is 7.38. The zero-order valence-electron chi connectivity index (χ0n) is 8.42.